The number of aryl methyl sites for hydroxylation is 2. The fourth-order valence-electron chi connectivity index (χ4n) is 2.25. The topological polar surface area (TPSA) is 64.6 Å². The van der Waals surface area contributed by atoms with Gasteiger partial charge >= 0.3 is 5.97 Å². The third kappa shape index (κ3) is 6.30. The van der Waals surface area contributed by atoms with E-state index in [1.54, 1.807) is 6.07 Å². The molecule has 132 valence electrons. The first kappa shape index (κ1) is 18.5. The minimum atomic E-state index is -0.467. The van der Waals surface area contributed by atoms with Gasteiger partial charge in [0.2, 0.25) is 0 Å². The lowest BCUT2D eigenvalue weighted by Gasteiger charge is -2.09. The molecule has 0 fully saturated rings. The van der Waals surface area contributed by atoms with Crippen LogP contribution in [0.15, 0.2) is 48.5 Å². The van der Waals surface area contributed by atoms with Gasteiger partial charge in [0.05, 0.1) is 13.0 Å². The van der Waals surface area contributed by atoms with Gasteiger partial charge in [-0.1, -0.05) is 37.3 Å². The number of ether oxygens (including phenoxy) is 2. The molecule has 0 spiro atoms. The molecule has 2 aromatic carbocycles. The zero-order valence-corrected chi connectivity index (χ0v) is 14.6. The molecule has 2 rings (SSSR count). The normalized spacial score (nSPS) is 10.2. The Morgan fingerprint density at radius 1 is 1.08 bits per heavy atom. The Hall–Kier alpha value is -2.82. The van der Waals surface area contributed by atoms with Crippen LogP contribution in [0.3, 0.4) is 0 Å². The number of carbonyl (C=O) groups is 2. The quantitative estimate of drug-likeness (QED) is 0.746. The van der Waals surface area contributed by atoms with Crippen molar-refractivity contribution >= 4 is 17.6 Å². The summed E-state index contributed by atoms with van der Waals surface area (Å²) in [5.41, 5.74) is 2.83. The summed E-state index contributed by atoms with van der Waals surface area (Å²) in [6.45, 7) is 3.89. The van der Waals surface area contributed by atoms with Crippen LogP contribution in [0.4, 0.5) is 5.69 Å². The van der Waals surface area contributed by atoms with E-state index in [1.165, 1.54) is 0 Å². The predicted molar refractivity (Wildman–Crippen MR) is 96.7 cm³/mol. The smallest absolute Gasteiger partial charge is 0.309 e. The summed E-state index contributed by atoms with van der Waals surface area (Å²) in [4.78, 5) is 23.5. The molecule has 5 nitrogen and oxygen atoms in total. The highest BCUT2D eigenvalue weighted by Crippen LogP contribution is 2.16. The summed E-state index contributed by atoms with van der Waals surface area (Å²) in [6.07, 6.45) is 0.979. The Morgan fingerprint density at radius 3 is 2.64 bits per heavy atom. The molecule has 0 saturated heterocycles. The van der Waals surface area contributed by atoms with E-state index in [0.29, 0.717) is 5.69 Å². The lowest BCUT2D eigenvalue weighted by molar-refractivity contribution is -0.147. The summed E-state index contributed by atoms with van der Waals surface area (Å²) in [5.74, 6) is -0.0867. The van der Waals surface area contributed by atoms with Crippen LogP contribution < -0.4 is 10.1 Å². The molecule has 0 atom stereocenters. The second-order valence-electron chi connectivity index (χ2n) is 5.63. The molecule has 0 aromatic heterocycles. The molecule has 1 amide bonds. The van der Waals surface area contributed by atoms with Gasteiger partial charge < -0.3 is 14.8 Å². The van der Waals surface area contributed by atoms with E-state index >= 15 is 0 Å². The standard InChI is InChI=1S/C20H23NO4/c1-3-16-8-6-9-17(13-16)21-19(22)14-25-20(23)11-12-24-18-10-5-4-7-15(18)2/h4-10,13H,3,11-12,14H2,1-2H3,(H,21,22). The number of anilines is 1. The fourth-order valence-corrected chi connectivity index (χ4v) is 2.25. The summed E-state index contributed by atoms with van der Waals surface area (Å²) < 4.78 is 10.5. The lowest BCUT2D eigenvalue weighted by atomic mass is 10.1. The van der Waals surface area contributed by atoms with Crippen LogP contribution in [0.25, 0.3) is 0 Å². The largest absolute Gasteiger partial charge is 0.493 e. The van der Waals surface area contributed by atoms with Crippen molar-refractivity contribution in [3.8, 4) is 5.75 Å². The van der Waals surface area contributed by atoms with Crippen LogP contribution in [0.5, 0.6) is 5.75 Å². The summed E-state index contributed by atoms with van der Waals surface area (Å²) in [7, 11) is 0. The van der Waals surface area contributed by atoms with Gasteiger partial charge in [-0.25, -0.2) is 0 Å². The highest BCUT2D eigenvalue weighted by molar-refractivity contribution is 5.92. The SMILES string of the molecule is CCc1cccc(NC(=O)COC(=O)CCOc2ccccc2C)c1. The first-order valence-electron chi connectivity index (χ1n) is 8.31. The van der Waals surface area contributed by atoms with Gasteiger partial charge in [-0.3, -0.25) is 9.59 Å². The summed E-state index contributed by atoms with van der Waals surface area (Å²) in [6, 6.07) is 15.1. The van der Waals surface area contributed by atoms with Gasteiger partial charge in [-0.15, -0.1) is 0 Å². The Morgan fingerprint density at radius 2 is 1.88 bits per heavy atom. The van der Waals surface area contributed by atoms with Crippen LogP contribution in [0.2, 0.25) is 0 Å². The average Bonchev–Trinajstić information content (AvgIpc) is 2.62. The highest BCUT2D eigenvalue weighted by atomic mass is 16.5. The van der Waals surface area contributed by atoms with Gasteiger partial charge in [0, 0.05) is 5.69 Å². The predicted octanol–water partition coefficient (Wildman–Crippen LogP) is 3.51. The minimum absolute atomic E-state index is 0.0902. The Bertz CT molecular complexity index is 727. The van der Waals surface area contributed by atoms with Gasteiger partial charge in [0.15, 0.2) is 6.61 Å². The van der Waals surface area contributed by atoms with Crippen molar-refractivity contribution in [1.82, 2.24) is 0 Å². The van der Waals surface area contributed by atoms with Crippen molar-refractivity contribution in [3.05, 3.63) is 59.7 Å². The molecule has 0 unspecified atom stereocenters. The third-order valence-electron chi connectivity index (χ3n) is 3.64. The van der Waals surface area contributed by atoms with Crippen molar-refractivity contribution in [3.63, 3.8) is 0 Å². The van der Waals surface area contributed by atoms with Gasteiger partial charge in [0.1, 0.15) is 5.75 Å². The third-order valence-corrected chi connectivity index (χ3v) is 3.64. The monoisotopic (exact) mass is 341 g/mol. The van der Waals surface area contributed by atoms with Crippen molar-refractivity contribution in [2.45, 2.75) is 26.7 Å². The molecule has 5 heteroatoms. The number of nitrogens with one attached hydrogen (secondary N) is 1. The van der Waals surface area contributed by atoms with Gasteiger partial charge in [-0.05, 0) is 42.7 Å². The van der Waals surface area contributed by atoms with E-state index in [-0.39, 0.29) is 25.5 Å². The van der Waals surface area contributed by atoms with Crippen molar-refractivity contribution in [1.29, 1.82) is 0 Å². The fraction of sp³-hybridized carbons (Fsp3) is 0.300. The van der Waals surface area contributed by atoms with Gasteiger partial charge in [0.25, 0.3) is 5.91 Å². The number of rotatable bonds is 8. The van der Waals surface area contributed by atoms with E-state index in [0.717, 1.165) is 23.3 Å². The number of hydrogen-bond donors (Lipinski definition) is 1. The first-order valence-corrected chi connectivity index (χ1v) is 8.31. The first-order chi connectivity index (χ1) is 12.1. The number of para-hydroxylation sites is 1. The van der Waals surface area contributed by atoms with E-state index in [9.17, 15) is 9.59 Å². The minimum Gasteiger partial charge on any atom is -0.493 e. The molecule has 0 heterocycles. The van der Waals surface area contributed by atoms with Crippen molar-refractivity contribution < 1.29 is 19.1 Å². The molecular formula is C20H23NO4. The molecule has 25 heavy (non-hydrogen) atoms. The van der Waals surface area contributed by atoms with Gasteiger partial charge in [-0.2, -0.15) is 0 Å². The zero-order chi connectivity index (χ0) is 18.1. The van der Waals surface area contributed by atoms with Crippen LogP contribution in [-0.2, 0) is 20.7 Å². The number of benzene rings is 2. The van der Waals surface area contributed by atoms with Crippen LogP contribution in [-0.4, -0.2) is 25.1 Å². The molecule has 0 aliphatic rings. The van der Waals surface area contributed by atoms with E-state index < -0.39 is 5.97 Å². The zero-order valence-electron chi connectivity index (χ0n) is 14.6. The highest BCUT2D eigenvalue weighted by Gasteiger charge is 2.09. The Kier molecular flexibility index (Phi) is 7.01. The molecule has 1 N–H and O–H groups in total. The lowest BCUT2D eigenvalue weighted by Crippen LogP contribution is -2.21. The Balaban J connectivity index is 1.68. The second kappa shape index (κ2) is 9.47. The van der Waals surface area contributed by atoms with Crippen molar-refractivity contribution in [2.75, 3.05) is 18.5 Å². The second-order valence-corrected chi connectivity index (χ2v) is 5.63. The van der Waals surface area contributed by atoms with E-state index in [2.05, 4.69) is 5.32 Å². The molecule has 0 radical (unpaired) electrons. The average molecular weight is 341 g/mol. The molecule has 0 bridgehead atoms. The maximum atomic E-state index is 11.8. The van der Waals surface area contributed by atoms with Crippen LogP contribution in [0, 0.1) is 6.92 Å². The van der Waals surface area contributed by atoms with E-state index in [1.807, 2.05) is 56.3 Å². The number of hydrogen-bond acceptors (Lipinski definition) is 4. The maximum Gasteiger partial charge on any atom is 0.309 e. The number of esters is 1. The molecule has 0 aliphatic heterocycles. The summed E-state index contributed by atoms with van der Waals surface area (Å²) >= 11 is 0. The molecular weight excluding hydrogens is 318 g/mol. The maximum absolute atomic E-state index is 11.8. The Labute approximate surface area is 148 Å². The molecule has 0 aliphatic carbocycles. The summed E-state index contributed by atoms with van der Waals surface area (Å²) in [5, 5.41) is 2.71. The van der Waals surface area contributed by atoms with Crippen LogP contribution >= 0.6 is 0 Å². The van der Waals surface area contributed by atoms with Crippen LogP contribution in [0.1, 0.15) is 24.5 Å². The van der Waals surface area contributed by atoms with Crippen molar-refractivity contribution in [2.24, 2.45) is 0 Å². The number of carbonyl (C=O) groups excluding carboxylic acids is 2. The van der Waals surface area contributed by atoms with E-state index in [4.69, 9.17) is 9.47 Å². The number of amides is 1. The molecule has 0 saturated carbocycles. The molecule has 2 aromatic rings.